The first-order valence-electron chi connectivity index (χ1n) is 13.5. The lowest BCUT2D eigenvalue weighted by molar-refractivity contribution is -0.160. The van der Waals surface area contributed by atoms with E-state index >= 15 is 0 Å². The van der Waals surface area contributed by atoms with Crippen molar-refractivity contribution in [2.75, 3.05) is 74.2 Å². The average molecular weight is 795 g/mol. The SMILES string of the molecule is CC(COC(=O)CCS)(COC(=O)CCS)COC(=O)CCS.CCC(CO)(CO)CO.O=C(O)CS.O=C(O)CS.O=C(O)CS. The molecule has 47 heavy (non-hydrogen) atoms. The third-order valence-electron chi connectivity index (χ3n) is 4.85. The third-order valence-corrected chi connectivity index (χ3v) is 6.34. The van der Waals surface area contributed by atoms with E-state index in [1.54, 1.807) is 6.92 Å². The summed E-state index contributed by atoms with van der Waals surface area (Å²) in [7, 11) is 0. The highest BCUT2D eigenvalue weighted by atomic mass is 32.1. The van der Waals surface area contributed by atoms with Gasteiger partial charge in [-0.1, -0.05) is 6.92 Å². The first kappa shape index (κ1) is 55.2. The molecule has 0 saturated carbocycles. The van der Waals surface area contributed by atoms with Gasteiger partial charge in [0, 0.05) is 22.7 Å². The molecule has 0 fully saturated rings. The molecule has 0 radical (unpaired) electrons. The summed E-state index contributed by atoms with van der Waals surface area (Å²) in [5, 5.41) is 48.9. The molecular weight excluding hydrogens is 745 g/mol. The molecule has 0 atom stereocenters. The van der Waals surface area contributed by atoms with E-state index in [2.05, 4.69) is 75.8 Å². The van der Waals surface area contributed by atoms with Crippen LogP contribution in [0.15, 0.2) is 0 Å². The zero-order valence-electron chi connectivity index (χ0n) is 26.4. The number of carbonyl (C=O) groups is 6. The molecule has 0 unspecified atom stereocenters. The van der Waals surface area contributed by atoms with Crippen LogP contribution in [0.25, 0.3) is 0 Å². The standard InChI is InChI=1S/C14H24O6S3.C6H14O3.3C2H4O2S/c1-14(8-18-11(15)2-5-21,9-19-12(16)3-6-22)10-20-13(17)4-7-23;1-2-6(3-7,4-8)5-9;3*3-2(4)1-5/h21-23H,2-10H2,1H3;7-9H,2-5H2,1H3;3*5H,1H2,(H,3,4). The van der Waals surface area contributed by atoms with E-state index in [1.165, 1.54) is 0 Å². The number of aliphatic carboxylic acids is 3. The molecular formula is C26H50O15S6. The molecule has 0 rings (SSSR count). The van der Waals surface area contributed by atoms with Gasteiger partial charge in [0.15, 0.2) is 0 Å². The van der Waals surface area contributed by atoms with Gasteiger partial charge in [0.25, 0.3) is 0 Å². The highest BCUT2D eigenvalue weighted by Crippen LogP contribution is 2.20. The van der Waals surface area contributed by atoms with E-state index in [1.807, 2.05) is 6.92 Å². The fourth-order valence-electron chi connectivity index (χ4n) is 1.86. The van der Waals surface area contributed by atoms with E-state index in [0.717, 1.165) is 0 Å². The van der Waals surface area contributed by atoms with Crippen molar-refractivity contribution in [1.82, 2.24) is 0 Å². The molecule has 0 amide bonds. The maximum absolute atomic E-state index is 11.5. The number of thiol groups is 6. The van der Waals surface area contributed by atoms with Gasteiger partial charge in [-0.15, -0.1) is 0 Å². The molecule has 0 aliphatic rings. The number of hydrogen-bond donors (Lipinski definition) is 12. The smallest absolute Gasteiger partial charge is 0.313 e. The van der Waals surface area contributed by atoms with Crippen molar-refractivity contribution in [2.45, 2.75) is 39.5 Å². The molecule has 15 nitrogen and oxygen atoms in total. The monoisotopic (exact) mass is 794 g/mol. The van der Waals surface area contributed by atoms with Gasteiger partial charge in [-0.05, 0) is 13.3 Å². The largest absolute Gasteiger partial charge is 0.481 e. The molecule has 0 aliphatic heterocycles. The Morgan fingerprint density at radius 2 is 0.745 bits per heavy atom. The topological polar surface area (TPSA) is 251 Å². The molecule has 0 aromatic rings. The number of carboxylic acid groups (broad SMARTS) is 3. The molecule has 0 aliphatic carbocycles. The van der Waals surface area contributed by atoms with Crippen LogP contribution in [0.2, 0.25) is 0 Å². The lowest BCUT2D eigenvalue weighted by Gasteiger charge is -2.28. The molecule has 0 spiro atoms. The minimum Gasteiger partial charge on any atom is -0.481 e. The van der Waals surface area contributed by atoms with Crippen molar-refractivity contribution >= 4 is 112 Å². The summed E-state index contributed by atoms with van der Waals surface area (Å²) in [4.78, 5) is 62.3. The van der Waals surface area contributed by atoms with Crippen LogP contribution in [0.3, 0.4) is 0 Å². The van der Waals surface area contributed by atoms with Gasteiger partial charge in [-0.25, -0.2) is 0 Å². The first-order valence-corrected chi connectivity index (χ1v) is 17.3. The van der Waals surface area contributed by atoms with E-state index < -0.39 is 46.6 Å². The zero-order valence-corrected chi connectivity index (χ0v) is 31.7. The van der Waals surface area contributed by atoms with Crippen molar-refractivity contribution < 1.29 is 73.6 Å². The Morgan fingerprint density at radius 3 is 0.851 bits per heavy atom. The van der Waals surface area contributed by atoms with E-state index in [9.17, 15) is 28.8 Å². The van der Waals surface area contributed by atoms with Crippen LogP contribution in [0.1, 0.15) is 39.5 Å². The van der Waals surface area contributed by atoms with Crippen LogP contribution in [-0.4, -0.2) is 141 Å². The lowest BCUT2D eigenvalue weighted by atomic mass is 9.88. The van der Waals surface area contributed by atoms with Gasteiger partial charge >= 0.3 is 35.8 Å². The molecule has 280 valence electrons. The zero-order chi connectivity index (χ0) is 37.9. The van der Waals surface area contributed by atoms with Gasteiger partial charge in [0.1, 0.15) is 19.8 Å². The van der Waals surface area contributed by atoms with E-state index in [4.69, 9.17) is 44.8 Å². The summed E-state index contributed by atoms with van der Waals surface area (Å²) in [6.07, 6.45) is 1.13. The Balaban J connectivity index is -0.000000198. The third kappa shape index (κ3) is 42.8. The Labute approximate surface area is 308 Å². The summed E-state index contributed by atoms with van der Waals surface area (Å²) in [6.45, 7) is 2.99. The molecule has 0 aromatic heterocycles. The molecule has 21 heteroatoms. The maximum Gasteiger partial charge on any atom is 0.313 e. The minimum atomic E-state index is -0.881. The van der Waals surface area contributed by atoms with Gasteiger partial charge in [-0.2, -0.15) is 75.8 Å². The number of ether oxygens (including phenoxy) is 3. The molecule has 0 aromatic carbocycles. The Morgan fingerprint density at radius 1 is 0.532 bits per heavy atom. The fourth-order valence-corrected chi connectivity index (χ4v) is 2.41. The summed E-state index contributed by atoms with van der Waals surface area (Å²) in [5.74, 6) is -2.98. The quantitative estimate of drug-likeness (QED) is 0.0494. The highest BCUT2D eigenvalue weighted by molar-refractivity contribution is 7.81. The number of carbonyl (C=O) groups excluding carboxylic acids is 3. The van der Waals surface area contributed by atoms with Crippen molar-refractivity contribution in [3.63, 3.8) is 0 Å². The van der Waals surface area contributed by atoms with Crippen molar-refractivity contribution in [1.29, 1.82) is 0 Å². The molecule has 6 N–H and O–H groups in total. The van der Waals surface area contributed by atoms with Gasteiger partial charge in [0.05, 0.1) is 61.8 Å². The van der Waals surface area contributed by atoms with Crippen LogP contribution >= 0.6 is 75.8 Å². The number of aliphatic hydroxyl groups is 3. The molecule has 0 heterocycles. The van der Waals surface area contributed by atoms with E-state index in [0.29, 0.717) is 23.7 Å². The number of carboxylic acids is 3. The van der Waals surface area contributed by atoms with Crippen LogP contribution in [-0.2, 0) is 43.0 Å². The maximum atomic E-state index is 11.5. The Hall–Kier alpha value is -1.20. The number of rotatable bonds is 19. The minimum absolute atomic E-state index is 0.0259. The number of esters is 3. The second-order valence-corrected chi connectivity index (χ2v) is 11.5. The summed E-state index contributed by atoms with van der Waals surface area (Å²) >= 11 is 22.1. The van der Waals surface area contributed by atoms with Crippen LogP contribution in [0.4, 0.5) is 0 Å². The second kappa shape index (κ2) is 37.6. The van der Waals surface area contributed by atoms with Crippen LogP contribution in [0, 0.1) is 10.8 Å². The summed E-state index contributed by atoms with van der Waals surface area (Å²) in [5.41, 5.74) is -1.48. The number of hydrogen-bond acceptors (Lipinski definition) is 18. The van der Waals surface area contributed by atoms with Crippen molar-refractivity contribution in [3.05, 3.63) is 0 Å². The summed E-state index contributed by atoms with van der Waals surface area (Å²) in [6, 6.07) is 0. The molecule has 0 saturated heterocycles. The van der Waals surface area contributed by atoms with Crippen LogP contribution < -0.4 is 0 Å². The highest BCUT2D eigenvalue weighted by Gasteiger charge is 2.30. The molecule has 0 bridgehead atoms. The Kier molecular flexibility index (Phi) is 44.2. The summed E-state index contributed by atoms with van der Waals surface area (Å²) < 4.78 is 15.4. The first-order chi connectivity index (χ1) is 21.9. The van der Waals surface area contributed by atoms with Gasteiger partial charge < -0.3 is 44.8 Å². The predicted molar refractivity (Wildman–Crippen MR) is 195 cm³/mol. The van der Waals surface area contributed by atoms with Crippen molar-refractivity contribution in [3.8, 4) is 0 Å². The predicted octanol–water partition coefficient (Wildman–Crippen LogP) is 0.944. The fraction of sp³-hybridized carbons (Fsp3) is 0.769. The van der Waals surface area contributed by atoms with E-state index in [-0.39, 0.29) is 76.2 Å². The number of aliphatic hydroxyl groups excluding tert-OH is 3. The normalized spacial score (nSPS) is 10.0. The van der Waals surface area contributed by atoms with Gasteiger partial charge in [0.2, 0.25) is 0 Å². The van der Waals surface area contributed by atoms with Gasteiger partial charge in [-0.3, -0.25) is 28.8 Å². The average Bonchev–Trinajstić information content (AvgIpc) is 3.05. The Bertz CT molecular complexity index is 740. The second-order valence-electron chi connectivity index (χ2n) is 9.20. The van der Waals surface area contributed by atoms with Crippen LogP contribution in [0.5, 0.6) is 0 Å². The van der Waals surface area contributed by atoms with Crippen molar-refractivity contribution in [2.24, 2.45) is 10.8 Å². The lowest BCUT2D eigenvalue weighted by Crippen LogP contribution is -2.37.